The van der Waals surface area contributed by atoms with Crippen molar-refractivity contribution in [3.8, 4) is 0 Å². The number of fused-ring (bicyclic) bond motifs is 1. The Morgan fingerprint density at radius 2 is 1.25 bits per heavy atom. The van der Waals surface area contributed by atoms with Crippen molar-refractivity contribution in [1.82, 2.24) is 46.9 Å². The van der Waals surface area contributed by atoms with Crippen LogP contribution in [-0.2, 0) is 52.8 Å². The average molecular weight is 870 g/mol. The molecule has 6 atom stereocenters. The molecule has 0 saturated heterocycles. The van der Waals surface area contributed by atoms with Crippen molar-refractivity contribution in [2.45, 2.75) is 108 Å². The molecule has 0 bridgehead atoms. The Labute approximate surface area is 365 Å². The van der Waals surface area contributed by atoms with E-state index in [2.05, 4.69) is 51.8 Å². The summed E-state index contributed by atoms with van der Waals surface area (Å²) < 4.78 is 0. The number of nitrogens with one attached hydrogen (secondary N) is 8. The molecule has 0 spiro atoms. The summed E-state index contributed by atoms with van der Waals surface area (Å²) >= 11 is 0. The second-order valence-electron chi connectivity index (χ2n) is 15.3. The van der Waals surface area contributed by atoms with E-state index in [4.69, 9.17) is 17.2 Å². The molecule has 0 fully saturated rings. The SMILES string of the molecule is CCCC[C@H](NC(C)=O)C(=O)N[C@@H](C)C(=O)N[C@@H](Cc1cnc[nH]1)C(=O)N[C@H](Cc1ccccc1)C(=O)N[C@@H](CCCN=C(N)N)C(=O)N[C@@H](Cc1c[nH]c2ccccc12)C(N)=O. The monoisotopic (exact) mass is 869 g/mol. The van der Waals surface area contributed by atoms with Gasteiger partial charge < -0.3 is 59.1 Å². The van der Waals surface area contributed by atoms with Gasteiger partial charge in [-0.1, -0.05) is 68.3 Å². The van der Waals surface area contributed by atoms with E-state index in [9.17, 15) is 33.6 Å². The zero-order chi connectivity index (χ0) is 45.9. The average Bonchev–Trinajstić information content (AvgIpc) is 3.92. The molecule has 338 valence electrons. The number of para-hydroxylation sites is 1. The Bertz CT molecular complexity index is 2190. The number of guanidine groups is 1. The van der Waals surface area contributed by atoms with Crippen molar-refractivity contribution in [1.29, 1.82) is 0 Å². The molecule has 2 heterocycles. The van der Waals surface area contributed by atoms with Gasteiger partial charge in [0, 0.05) is 61.7 Å². The number of hydrogen-bond acceptors (Lipinski definition) is 9. The normalized spacial score (nSPS) is 13.8. The molecule has 7 amide bonds. The number of imidazole rings is 1. The molecule has 4 aromatic rings. The standard InChI is InChI=1S/C43H59N13O7/c1-4-5-15-32(52-26(3)57)39(60)51-25(2)38(59)55-36(21-29-23-47-24-50-29)42(63)56-35(19-27-12-7-6-8-13-27)41(62)53-33(17-11-18-48-43(45)46)40(61)54-34(37(44)58)20-28-22-49-31-16-10-9-14-30(28)31/h6-10,12-14,16,22-25,32-36,49H,4-5,11,15,17-21H2,1-3H3,(H2,44,58)(H,47,50)(H,51,60)(H,52,57)(H,53,62)(H,54,61)(H,55,59)(H,56,63)(H4,45,46,48)/t25-,32-,33-,34-,35+,36-/m0/s1. The number of nitrogens with zero attached hydrogens (tertiary/aromatic N) is 2. The van der Waals surface area contributed by atoms with Crippen LogP contribution in [0.5, 0.6) is 0 Å². The van der Waals surface area contributed by atoms with E-state index in [0.717, 1.165) is 22.9 Å². The summed E-state index contributed by atoms with van der Waals surface area (Å²) in [5, 5.41) is 17.0. The van der Waals surface area contributed by atoms with Crippen molar-refractivity contribution in [2.24, 2.45) is 22.2 Å². The highest BCUT2D eigenvalue weighted by Crippen LogP contribution is 2.19. The molecule has 2 aromatic heterocycles. The molecule has 0 aliphatic rings. The lowest BCUT2D eigenvalue weighted by Gasteiger charge is -2.27. The number of aliphatic imine (C=N–C) groups is 1. The topological polar surface area (TPSA) is 327 Å². The van der Waals surface area contributed by atoms with Crippen LogP contribution in [0.25, 0.3) is 10.9 Å². The smallest absolute Gasteiger partial charge is 0.243 e. The van der Waals surface area contributed by atoms with Crippen LogP contribution in [0.2, 0.25) is 0 Å². The minimum Gasteiger partial charge on any atom is -0.370 e. The number of rotatable bonds is 25. The third-order valence-electron chi connectivity index (χ3n) is 10.2. The van der Waals surface area contributed by atoms with Gasteiger partial charge in [0.2, 0.25) is 41.4 Å². The molecule has 63 heavy (non-hydrogen) atoms. The quantitative estimate of drug-likeness (QED) is 0.0233. The van der Waals surface area contributed by atoms with Gasteiger partial charge in [0.15, 0.2) is 5.96 Å². The van der Waals surface area contributed by atoms with E-state index >= 15 is 0 Å². The molecule has 20 heteroatoms. The third-order valence-corrected chi connectivity index (χ3v) is 10.2. The lowest BCUT2D eigenvalue weighted by Crippen LogP contribution is -2.60. The van der Waals surface area contributed by atoms with E-state index in [-0.39, 0.29) is 44.6 Å². The fourth-order valence-electron chi connectivity index (χ4n) is 6.82. The lowest BCUT2D eigenvalue weighted by molar-refractivity contribution is -0.135. The van der Waals surface area contributed by atoms with Gasteiger partial charge in [-0.05, 0) is 43.4 Å². The molecule has 20 nitrogen and oxygen atoms in total. The van der Waals surface area contributed by atoms with Gasteiger partial charge in [0.25, 0.3) is 0 Å². The van der Waals surface area contributed by atoms with Crippen molar-refractivity contribution in [3.63, 3.8) is 0 Å². The number of amides is 7. The molecule has 14 N–H and O–H groups in total. The summed E-state index contributed by atoms with van der Waals surface area (Å²) in [5.41, 5.74) is 19.5. The van der Waals surface area contributed by atoms with Crippen molar-refractivity contribution >= 4 is 58.2 Å². The van der Waals surface area contributed by atoms with Crippen LogP contribution in [-0.4, -0.2) is 105 Å². The summed E-state index contributed by atoms with van der Waals surface area (Å²) in [5.74, 6) is -4.84. The number of hydrogen-bond donors (Lipinski definition) is 11. The fourth-order valence-corrected chi connectivity index (χ4v) is 6.82. The second kappa shape index (κ2) is 24.3. The third kappa shape index (κ3) is 15.6. The number of aromatic nitrogens is 3. The molecule has 0 aliphatic carbocycles. The van der Waals surface area contributed by atoms with Gasteiger partial charge >= 0.3 is 0 Å². The zero-order valence-corrected chi connectivity index (χ0v) is 35.7. The summed E-state index contributed by atoms with van der Waals surface area (Å²) in [7, 11) is 0. The number of benzene rings is 2. The molecule has 2 aromatic carbocycles. The van der Waals surface area contributed by atoms with Crippen LogP contribution >= 0.6 is 0 Å². The van der Waals surface area contributed by atoms with Gasteiger partial charge in [-0.25, -0.2) is 4.98 Å². The number of aromatic amines is 2. The van der Waals surface area contributed by atoms with Crippen molar-refractivity contribution in [3.05, 3.63) is 90.1 Å². The van der Waals surface area contributed by atoms with E-state index in [0.29, 0.717) is 24.1 Å². The number of carbonyl (C=O) groups is 7. The molecule has 0 saturated carbocycles. The number of carbonyl (C=O) groups excluding carboxylic acids is 7. The van der Waals surface area contributed by atoms with Gasteiger partial charge in [-0.3, -0.25) is 38.6 Å². The van der Waals surface area contributed by atoms with Gasteiger partial charge in [0.05, 0.1) is 6.33 Å². The molecule has 0 radical (unpaired) electrons. The first-order valence-corrected chi connectivity index (χ1v) is 20.8. The van der Waals surface area contributed by atoms with Crippen molar-refractivity contribution in [2.75, 3.05) is 6.54 Å². The number of nitrogens with two attached hydrogens (primary N) is 3. The predicted molar refractivity (Wildman–Crippen MR) is 236 cm³/mol. The lowest BCUT2D eigenvalue weighted by atomic mass is 10.0. The Balaban J connectivity index is 1.56. The minimum absolute atomic E-state index is 0.0231. The van der Waals surface area contributed by atoms with Gasteiger partial charge in [-0.2, -0.15) is 0 Å². The minimum atomic E-state index is -1.29. The Kier molecular flexibility index (Phi) is 18.6. The van der Waals surface area contributed by atoms with Crippen LogP contribution in [0.3, 0.4) is 0 Å². The van der Waals surface area contributed by atoms with Crippen LogP contribution in [0, 0.1) is 0 Å². The van der Waals surface area contributed by atoms with Crippen LogP contribution in [0.15, 0.2) is 78.3 Å². The first-order chi connectivity index (χ1) is 30.1. The Hall–Kier alpha value is -7.25. The van der Waals surface area contributed by atoms with Crippen LogP contribution in [0.1, 0.15) is 69.7 Å². The number of H-pyrrole nitrogens is 2. The number of unbranched alkanes of at least 4 members (excludes halogenated alkanes) is 1. The van der Waals surface area contributed by atoms with E-state index in [1.807, 2.05) is 31.2 Å². The van der Waals surface area contributed by atoms with E-state index in [1.54, 1.807) is 36.5 Å². The molecular formula is C43H59N13O7. The number of primary amides is 1. The predicted octanol–water partition coefficient (Wildman–Crippen LogP) is -0.403. The molecule has 4 rings (SSSR count). The first-order valence-electron chi connectivity index (χ1n) is 20.8. The van der Waals surface area contributed by atoms with Crippen molar-refractivity contribution < 1.29 is 33.6 Å². The highest BCUT2D eigenvalue weighted by atomic mass is 16.2. The Morgan fingerprint density at radius 1 is 0.667 bits per heavy atom. The zero-order valence-electron chi connectivity index (χ0n) is 35.7. The highest BCUT2D eigenvalue weighted by Gasteiger charge is 2.33. The maximum absolute atomic E-state index is 14.3. The van der Waals surface area contributed by atoms with Gasteiger partial charge in [0.1, 0.15) is 36.3 Å². The van der Waals surface area contributed by atoms with E-state index < -0.39 is 77.6 Å². The summed E-state index contributed by atoms with van der Waals surface area (Å²) in [6.07, 6.45) is 6.64. The molecular weight excluding hydrogens is 811 g/mol. The second-order valence-corrected chi connectivity index (χ2v) is 15.3. The fraction of sp³-hybridized carbons (Fsp3) is 0.419. The summed E-state index contributed by atoms with van der Waals surface area (Å²) in [6, 6.07) is 9.33. The Morgan fingerprint density at radius 3 is 1.90 bits per heavy atom. The maximum atomic E-state index is 14.3. The summed E-state index contributed by atoms with van der Waals surface area (Å²) in [4.78, 5) is 108. The van der Waals surface area contributed by atoms with Crippen LogP contribution < -0.4 is 49.1 Å². The van der Waals surface area contributed by atoms with E-state index in [1.165, 1.54) is 26.4 Å². The summed E-state index contributed by atoms with van der Waals surface area (Å²) in [6.45, 7) is 4.81. The maximum Gasteiger partial charge on any atom is 0.243 e. The highest BCUT2D eigenvalue weighted by molar-refractivity contribution is 5.97. The first kappa shape index (κ1) is 48.4. The van der Waals surface area contributed by atoms with Gasteiger partial charge in [-0.15, -0.1) is 0 Å². The molecule has 0 aliphatic heterocycles. The largest absolute Gasteiger partial charge is 0.370 e. The van der Waals surface area contributed by atoms with Crippen LogP contribution in [0.4, 0.5) is 0 Å². The molecule has 0 unspecified atom stereocenters.